The summed E-state index contributed by atoms with van der Waals surface area (Å²) in [6.07, 6.45) is 2.46. The van der Waals surface area contributed by atoms with Crippen molar-refractivity contribution in [2.75, 3.05) is 0 Å². The number of carboxylic acid groups (broad SMARTS) is 1. The SMILES string of the molecule is O=C(O)c1cccc(-n2cncn2)c1[N+](=O)[O-]. The van der Waals surface area contributed by atoms with Gasteiger partial charge in [0.1, 0.15) is 23.9 Å². The highest BCUT2D eigenvalue weighted by molar-refractivity contribution is 5.94. The van der Waals surface area contributed by atoms with Crippen LogP contribution in [0, 0.1) is 10.1 Å². The van der Waals surface area contributed by atoms with Crippen molar-refractivity contribution >= 4 is 11.7 Å². The second kappa shape index (κ2) is 4.00. The summed E-state index contributed by atoms with van der Waals surface area (Å²) in [5.74, 6) is -1.36. The van der Waals surface area contributed by atoms with Crippen molar-refractivity contribution in [1.82, 2.24) is 14.8 Å². The van der Waals surface area contributed by atoms with Crippen LogP contribution in [0.2, 0.25) is 0 Å². The maximum Gasteiger partial charge on any atom is 0.342 e. The van der Waals surface area contributed by atoms with Crippen LogP contribution in [0.25, 0.3) is 5.69 Å². The van der Waals surface area contributed by atoms with Gasteiger partial charge >= 0.3 is 11.7 Å². The highest BCUT2D eigenvalue weighted by Gasteiger charge is 2.25. The van der Waals surface area contributed by atoms with Crippen LogP contribution >= 0.6 is 0 Å². The summed E-state index contributed by atoms with van der Waals surface area (Å²) in [5, 5.41) is 23.5. The van der Waals surface area contributed by atoms with E-state index in [1.54, 1.807) is 0 Å². The molecule has 1 aromatic carbocycles. The molecule has 0 bridgehead atoms. The van der Waals surface area contributed by atoms with E-state index in [4.69, 9.17) is 5.11 Å². The van der Waals surface area contributed by atoms with Gasteiger partial charge in [0, 0.05) is 0 Å². The van der Waals surface area contributed by atoms with Gasteiger partial charge in [-0.3, -0.25) is 10.1 Å². The fraction of sp³-hybridized carbons (Fsp3) is 0. The lowest BCUT2D eigenvalue weighted by atomic mass is 10.1. The third kappa shape index (κ3) is 1.83. The number of nitrogens with zero attached hydrogens (tertiary/aromatic N) is 4. The lowest BCUT2D eigenvalue weighted by Crippen LogP contribution is -2.07. The molecule has 0 unspecified atom stereocenters. The number of carbonyl (C=O) groups is 1. The van der Waals surface area contributed by atoms with E-state index >= 15 is 0 Å². The van der Waals surface area contributed by atoms with Crippen LogP contribution in [0.1, 0.15) is 10.4 Å². The minimum atomic E-state index is -1.36. The molecule has 0 aliphatic carbocycles. The Labute approximate surface area is 94.3 Å². The van der Waals surface area contributed by atoms with Gasteiger partial charge in [0.2, 0.25) is 0 Å². The summed E-state index contributed by atoms with van der Waals surface area (Å²) in [7, 11) is 0. The molecule has 8 heteroatoms. The van der Waals surface area contributed by atoms with Crippen LogP contribution in [0.4, 0.5) is 5.69 Å². The van der Waals surface area contributed by atoms with Gasteiger partial charge < -0.3 is 5.11 Å². The Kier molecular flexibility index (Phi) is 2.53. The van der Waals surface area contributed by atoms with Gasteiger partial charge in [0.25, 0.3) is 0 Å². The summed E-state index contributed by atoms with van der Waals surface area (Å²) in [5.41, 5.74) is -0.832. The minimum Gasteiger partial charge on any atom is -0.477 e. The molecule has 1 heterocycles. The van der Waals surface area contributed by atoms with E-state index in [1.807, 2.05) is 0 Å². The number of rotatable bonds is 3. The summed E-state index contributed by atoms with van der Waals surface area (Å²) in [4.78, 5) is 24.7. The maximum absolute atomic E-state index is 10.9. The molecule has 1 N–H and O–H groups in total. The van der Waals surface area contributed by atoms with Gasteiger partial charge in [-0.1, -0.05) is 6.07 Å². The molecule has 1 aromatic heterocycles. The second-order valence-corrected chi connectivity index (χ2v) is 3.08. The van der Waals surface area contributed by atoms with E-state index in [0.717, 1.165) is 4.68 Å². The average Bonchev–Trinajstić information content (AvgIpc) is 2.81. The molecule has 0 fully saturated rings. The van der Waals surface area contributed by atoms with Gasteiger partial charge in [-0.15, -0.1) is 0 Å². The molecule has 0 spiro atoms. The van der Waals surface area contributed by atoms with Crippen LogP contribution in [0.15, 0.2) is 30.9 Å². The molecule has 0 amide bonds. The van der Waals surface area contributed by atoms with E-state index in [2.05, 4.69) is 10.1 Å². The second-order valence-electron chi connectivity index (χ2n) is 3.08. The summed E-state index contributed by atoms with van der Waals surface area (Å²) >= 11 is 0. The van der Waals surface area contributed by atoms with Crippen molar-refractivity contribution in [3.8, 4) is 5.69 Å². The fourth-order valence-corrected chi connectivity index (χ4v) is 1.41. The zero-order valence-corrected chi connectivity index (χ0v) is 8.35. The molecule has 0 saturated carbocycles. The number of carboxylic acids is 1. The van der Waals surface area contributed by atoms with Gasteiger partial charge in [0.05, 0.1) is 4.92 Å². The van der Waals surface area contributed by atoms with E-state index in [0.29, 0.717) is 0 Å². The Morgan fingerprint density at radius 3 is 2.76 bits per heavy atom. The topological polar surface area (TPSA) is 111 Å². The van der Waals surface area contributed by atoms with E-state index in [-0.39, 0.29) is 11.3 Å². The Morgan fingerprint density at radius 1 is 1.47 bits per heavy atom. The van der Waals surface area contributed by atoms with Crippen molar-refractivity contribution in [2.24, 2.45) is 0 Å². The fourth-order valence-electron chi connectivity index (χ4n) is 1.41. The predicted octanol–water partition coefficient (Wildman–Crippen LogP) is 0.874. The van der Waals surface area contributed by atoms with E-state index in [1.165, 1.54) is 30.9 Å². The average molecular weight is 234 g/mol. The molecule has 2 aromatic rings. The molecule has 8 nitrogen and oxygen atoms in total. The number of para-hydroxylation sites is 1. The third-order valence-corrected chi connectivity index (χ3v) is 2.09. The molecule has 0 atom stereocenters. The molecular weight excluding hydrogens is 228 g/mol. The van der Waals surface area contributed by atoms with Crippen molar-refractivity contribution in [3.05, 3.63) is 46.5 Å². The summed E-state index contributed by atoms with van der Waals surface area (Å²) in [6, 6.07) is 3.98. The van der Waals surface area contributed by atoms with Crippen LogP contribution in [-0.4, -0.2) is 30.8 Å². The van der Waals surface area contributed by atoms with Crippen molar-refractivity contribution in [2.45, 2.75) is 0 Å². The summed E-state index contributed by atoms with van der Waals surface area (Å²) in [6.45, 7) is 0. The Bertz CT molecular complexity index is 579. The molecule has 0 radical (unpaired) electrons. The molecule has 0 saturated heterocycles. The molecular formula is C9H6N4O4. The molecule has 0 aliphatic heterocycles. The van der Waals surface area contributed by atoms with Gasteiger partial charge in [-0.05, 0) is 12.1 Å². The number of aromatic carboxylic acids is 1. The van der Waals surface area contributed by atoms with Crippen LogP contribution < -0.4 is 0 Å². The van der Waals surface area contributed by atoms with E-state index < -0.39 is 16.6 Å². The van der Waals surface area contributed by atoms with Gasteiger partial charge in [-0.2, -0.15) is 5.10 Å². The van der Waals surface area contributed by atoms with E-state index in [9.17, 15) is 14.9 Å². The number of benzene rings is 1. The number of nitro groups is 1. The first-order chi connectivity index (χ1) is 8.11. The van der Waals surface area contributed by atoms with Crippen LogP contribution in [0.3, 0.4) is 0 Å². The standard InChI is InChI=1S/C9H6N4O4/c14-9(15)6-2-1-3-7(8(6)13(16)17)12-5-10-4-11-12/h1-5H,(H,14,15). The molecule has 86 valence electrons. The lowest BCUT2D eigenvalue weighted by molar-refractivity contribution is -0.385. The summed E-state index contributed by atoms with van der Waals surface area (Å²) < 4.78 is 1.14. The predicted molar refractivity (Wildman–Crippen MR) is 55.0 cm³/mol. The normalized spacial score (nSPS) is 10.1. The quantitative estimate of drug-likeness (QED) is 0.623. The Hall–Kier alpha value is -2.77. The minimum absolute atomic E-state index is 0.0624. The number of hydrogen-bond donors (Lipinski definition) is 1. The highest BCUT2D eigenvalue weighted by atomic mass is 16.6. The Balaban J connectivity index is 2.72. The van der Waals surface area contributed by atoms with Gasteiger partial charge in [0.15, 0.2) is 0 Å². The zero-order chi connectivity index (χ0) is 12.4. The molecule has 17 heavy (non-hydrogen) atoms. The van der Waals surface area contributed by atoms with Crippen molar-refractivity contribution < 1.29 is 14.8 Å². The first kappa shape index (κ1) is 10.7. The molecule has 2 rings (SSSR count). The number of hydrogen-bond acceptors (Lipinski definition) is 5. The van der Waals surface area contributed by atoms with Gasteiger partial charge in [-0.25, -0.2) is 14.5 Å². The highest BCUT2D eigenvalue weighted by Crippen LogP contribution is 2.26. The smallest absolute Gasteiger partial charge is 0.342 e. The van der Waals surface area contributed by atoms with Crippen LogP contribution in [0.5, 0.6) is 0 Å². The monoisotopic (exact) mass is 234 g/mol. The number of nitro benzene ring substituents is 1. The third-order valence-electron chi connectivity index (χ3n) is 2.09. The Morgan fingerprint density at radius 2 is 2.24 bits per heavy atom. The first-order valence-corrected chi connectivity index (χ1v) is 4.47. The molecule has 0 aliphatic rings. The van der Waals surface area contributed by atoms with Crippen molar-refractivity contribution in [1.29, 1.82) is 0 Å². The number of aromatic nitrogens is 3. The largest absolute Gasteiger partial charge is 0.477 e. The van der Waals surface area contributed by atoms with Crippen molar-refractivity contribution in [3.63, 3.8) is 0 Å². The maximum atomic E-state index is 10.9. The van der Waals surface area contributed by atoms with Crippen LogP contribution in [-0.2, 0) is 0 Å². The first-order valence-electron chi connectivity index (χ1n) is 4.47. The lowest BCUT2D eigenvalue weighted by Gasteiger charge is -2.04. The zero-order valence-electron chi connectivity index (χ0n) is 8.35.